The quantitative estimate of drug-likeness (QED) is 0.790. The van der Waals surface area contributed by atoms with Crippen LogP contribution in [0.4, 0.5) is 0 Å². The second kappa shape index (κ2) is 6.02. The second-order valence-electron chi connectivity index (χ2n) is 3.02. The lowest BCUT2D eigenvalue weighted by molar-refractivity contribution is -0.127. The minimum Gasteiger partial charge on any atom is -0.344 e. The monoisotopic (exact) mass is 291 g/mol. The maximum Gasteiger partial charge on any atom is 0.237 e. The van der Waals surface area contributed by atoms with Gasteiger partial charge in [0.05, 0.1) is 4.47 Å². The van der Waals surface area contributed by atoms with Gasteiger partial charge >= 0.3 is 0 Å². The van der Waals surface area contributed by atoms with Gasteiger partial charge in [-0.15, -0.1) is 11.6 Å². The van der Waals surface area contributed by atoms with Crippen molar-refractivity contribution in [3.05, 3.63) is 22.7 Å². The van der Waals surface area contributed by atoms with E-state index in [1.54, 1.807) is 24.3 Å². The third-order valence-corrected chi connectivity index (χ3v) is 2.52. The van der Waals surface area contributed by atoms with Gasteiger partial charge in [-0.25, -0.2) is 9.97 Å². The molecule has 0 bridgehead atoms. The van der Waals surface area contributed by atoms with Crippen molar-refractivity contribution < 1.29 is 4.79 Å². The van der Waals surface area contributed by atoms with Crippen LogP contribution in [0.15, 0.2) is 16.9 Å². The first-order valence-corrected chi connectivity index (χ1v) is 5.72. The fourth-order valence-electron chi connectivity index (χ4n) is 0.963. The van der Waals surface area contributed by atoms with E-state index in [1.165, 1.54) is 0 Å². The van der Waals surface area contributed by atoms with Gasteiger partial charge in [0.1, 0.15) is 11.7 Å². The maximum absolute atomic E-state index is 11.1. The first-order valence-electron chi connectivity index (χ1n) is 4.40. The summed E-state index contributed by atoms with van der Waals surface area (Å²) in [5.74, 6) is 0.638. The molecule has 1 rings (SSSR count). The SMILES string of the molecule is CN(CCc1ncc(Br)cn1)C(=O)CCl. The first-order chi connectivity index (χ1) is 7.13. The number of rotatable bonds is 4. The van der Waals surface area contributed by atoms with E-state index < -0.39 is 0 Å². The van der Waals surface area contributed by atoms with E-state index in [2.05, 4.69) is 25.9 Å². The fraction of sp³-hybridized carbons (Fsp3) is 0.444. The van der Waals surface area contributed by atoms with E-state index in [1.807, 2.05) is 0 Å². The molecule has 0 aliphatic rings. The van der Waals surface area contributed by atoms with E-state index in [0.717, 1.165) is 4.47 Å². The van der Waals surface area contributed by atoms with E-state index in [4.69, 9.17) is 11.6 Å². The molecule has 1 aromatic heterocycles. The number of alkyl halides is 1. The number of nitrogens with zero attached hydrogens (tertiary/aromatic N) is 3. The van der Waals surface area contributed by atoms with Crippen LogP contribution in [0.25, 0.3) is 0 Å². The van der Waals surface area contributed by atoms with Crippen LogP contribution < -0.4 is 0 Å². The Morgan fingerprint density at radius 1 is 1.53 bits per heavy atom. The molecule has 0 aromatic carbocycles. The fourth-order valence-corrected chi connectivity index (χ4v) is 1.37. The summed E-state index contributed by atoms with van der Waals surface area (Å²) in [7, 11) is 1.71. The molecule has 0 saturated heterocycles. The number of carbonyl (C=O) groups excluding carboxylic acids is 1. The van der Waals surface area contributed by atoms with Gasteiger partial charge in [-0.05, 0) is 15.9 Å². The van der Waals surface area contributed by atoms with Crippen LogP contribution in [0.2, 0.25) is 0 Å². The molecular weight excluding hydrogens is 281 g/mol. The first kappa shape index (κ1) is 12.4. The van der Waals surface area contributed by atoms with Crippen molar-refractivity contribution >= 4 is 33.4 Å². The molecule has 0 spiro atoms. The van der Waals surface area contributed by atoms with E-state index in [9.17, 15) is 4.79 Å². The lowest BCUT2D eigenvalue weighted by atomic mass is 10.3. The summed E-state index contributed by atoms with van der Waals surface area (Å²) in [4.78, 5) is 20.9. The van der Waals surface area contributed by atoms with Gasteiger partial charge in [-0.2, -0.15) is 0 Å². The minimum atomic E-state index is -0.0891. The molecule has 0 unspecified atom stereocenters. The van der Waals surface area contributed by atoms with E-state index in [0.29, 0.717) is 18.8 Å². The number of carbonyl (C=O) groups is 1. The zero-order chi connectivity index (χ0) is 11.3. The third-order valence-electron chi connectivity index (χ3n) is 1.88. The predicted molar refractivity (Wildman–Crippen MR) is 61.8 cm³/mol. The molecular formula is C9H11BrClN3O. The van der Waals surface area contributed by atoms with Crippen LogP contribution in [-0.2, 0) is 11.2 Å². The molecule has 0 N–H and O–H groups in total. The predicted octanol–water partition coefficient (Wildman–Crippen LogP) is 1.48. The van der Waals surface area contributed by atoms with Gasteiger partial charge in [-0.1, -0.05) is 0 Å². The lowest BCUT2D eigenvalue weighted by Gasteiger charge is -2.14. The van der Waals surface area contributed by atoms with Crippen molar-refractivity contribution in [1.29, 1.82) is 0 Å². The highest BCUT2D eigenvalue weighted by Gasteiger charge is 2.07. The Labute approximate surface area is 102 Å². The zero-order valence-electron chi connectivity index (χ0n) is 8.28. The number of hydrogen-bond donors (Lipinski definition) is 0. The molecule has 0 fully saturated rings. The Morgan fingerprint density at radius 2 is 2.13 bits per heavy atom. The highest BCUT2D eigenvalue weighted by Crippen LogP contribution is 2.04. The van der Waals surface area contributed by atoms with Gasteiger partial charge in [0, 0.05) is 32.4 Å². The highest BCUT2D eigenvalue weighted by atomic mass is 79.9. The van der Waals surface area contributed by atoms with Gasteiger partial charge in [0.15, 0.2) is 0 Å². The lowest BCUT2D eigenvalue weighted by Crippen LogP contribution is -2.30. The largest absolute Gasteiger partial charge is 0.344 e. The molecule has 0 aliphatic carbocycles. The van der Waals surface area contributed by atoms with Crippen molar-refractivity contribution in [2.24, 2.45) is 0 Å². The molecule has 0 atom stereocenters. The van der Waals surface area contributed by atoms with Crippen LogP contribution in [-0.4, -0.2) is 40.2 Å². The van der Waals surface area contributed by atoms with Crippen LogP contribution in [0, 0.1) is 0 Å². The van der Waals surface area contributed by atoms with Gasteiger partial charge < -0.3 is 4.90 Å². The summed E-state index contributed by atoms with van der Waals surface area (Å²) in [5.41, 5.74) is 0. The highest BCUT2D eigenvalue weighted by molar-refractivity contribution is 9.10. The Kier molecular flexibility index (Phi) is 4.98. The van der Waals surface area contributed by atoms with Gasteiger partial charge in [0.25, 0.3) is 0 Å². The standard InChI is InChI=1S/C9H11BrClN3O/c1-14(9(15)4-11)3-2-8-12-5-7(10)6-13-8/h5-6H,2-4H2,1H3. The smallest absolute Gasteiger partial charge is 0.237 e. The van der Waals surface area contributed by atoms with E-state index >= 15 is 0 Å². The molecule has 0 radical (unpaired) electrons. The number of aromatic nitrogens is 2. The van der Waals surface area contributed by atoms with Crippen molar-refractivity contribution in [3.8, 4) is 0 Å². The van der Waals surface area contributed by atoms with Gasteiger partial charge in [-0.3, -0.25) is 4.79 Å². The Bertz CT molecular complexity index is 331. The number of amides is 1. The third kappa shape index (κ3) is 4.13. The van der Waals surface area contributed by atoms with Crippen molar-refractivity contribution in [2.45, 2.75) is 6.42 Å². The molecule has 6 heteroatoms. The Balaban J connectivity index is 2.43. The van der Waals surface area contributed by atoms with Crippen LogP contribution in [0.3, 0.4) is 0 Å². The van der Waals surface area contributed by atoms with Crippen molar-refractivity contribution in [3.63, 3.8) is 0 Å². The topological polar surface area (TPSA) is 46.1 Å². The molecule has 0 aliphatic heterocycles. The van der Waals surface area contributed by atoms with Crippen molar-refractivity contribution in [1.82, 2.24) is 14.9 Å². The Hall–Kier alpha value is -0.680. The number of halogens is 2. The summed E-state index contributed by atoms with van der Waals surface area (Å²) in [6, 6.07) is 0. The molecule has 82 valence electrons. The summed E-state index contributed by atoms with van der Waals surface area (Å²) < 4.78 is 0.844. The summed E-state index contributed by atoms with van der Waals surface area (Å²) in [6.07, 6.45) is 4.00. The molecule has 1 heterocycles. The van der Waals surface area contributed by atoms with Crippen LogP contribution in [0.5, 0.6) is 0 Å². The van der Waals surface area contributed by atoms with E-state index in [-0.39, 0.29) is 11.8 Å². The molecule has 1 aromatic rings. The van der Waals surface area contributed by atoms with Crippen molar-refractivity contribution in [2.75, 3.05) is 19.5 Å². The summed E-state index contributed by atoms with van der Waals surface area (Å²) in [5, 5.41) is 0. The molecule has 1 amide bonds. The Morgan fingerprint density at radius 3 is 2.67 bits per heavy atom. The number of hydrogen-bond acceptors (Lipinski definition) is 3. The van der Waals surface area contributed by atoms with Crippen LogP contribution in [0.1, 0.15) is 5.82 Å². The molecule has 15 heavy (non-hydrogen) atoms. The molecule has 0 saturated carbocycles. The average molecular weight is 293 g/mol. The summed E-state index contributed by atoms with van der Waals surface area (Å²) >= 11 is 8.67. The number of likely N-dealkylation sites (N-methyl/N-ethyl adjacent to an activating group) is 1. The van der Waals surface area contributed by atoms with Gasteiger partial charge in [0.2, 0.25) is 5.91 Å². The second-order valence-corrected chi connectivity index (χ2v) is 4.20. The average Bonchev–Trinajstić information content (AvgIpc) is 2.26. The molecule has 4 nitrogen and oxygen atoms in total. The summed E-state index contributed by atoms with van der Waals surface area (Å²) in [6.45, 7) is 0.577. The minimum absolute atomic E-state index is 0.0116. The maximum atomic E-state index is 11.1. The zero-order valence-corrected chi connectivity index (χ0v) is 10.6. The van der Waals surface area contributed by atoms with Crippen LogP contribution >= 0.6 is 27.5 Å². The normalized spacial score (nSPS) is 10.1.